The van der Waals surface area contributed by atoms with Crippen LogP contribution in [0.25, 0.3) is 0 Å². The normalized spacial score (nSPS) is 23.2. The monoisotopic (exact) mass is 333 g/mol. The SMILES string of the molecule is Cc1nc2n(c(=O)c1CCN1CC(C(=O)O)CC1(C)C)CCCC2. The highest BCUT2D eigenvalue weighted by Crippen LogP contribution is 2.32. The molecule has 6 heteroatoms. The number of aliphatic carboxylic acids is 1. The maximum atomic E-state index is 12.8. The fraction of sp³-hybridized carbons (Fsp3) is 0.722. The second kappa shape index (κ2) is 6.31. The molecule has 1 unspecified atom stereocenters. The first-order valence-corrected chi connectivity index (χ1v) is 8.86. The van der Waals surface area contributed by atoms with E-state index in [2.05, 4.69) is 23.7 Å². The van der Waals surface area contributed by atoms with Crippen molar-refractivity contribution in [1.82, 2.24) is 14.5 Å². The molecule has 2 aliphatic rings. The van der Waals surface area contributed by atoms with Gasteiger partial charge in [0, 0.05) is 42.9 Å². The third kappa shape index (κ3) is 3.11. The van der Waals surface area contributed by atoms with Gasteiger partial charge in [-0.05, 0) is 46.5 Å². The number of aromatic nitrogens is 2. The van der Waals surface area contributed by atoms with Crippen molar-refractivity contribution in [2.75, 3.05) is 13.1 Å². The van der Waals surface area contributed by atoms with Gasteiger partial charge in [-0.2, -0.15) is 0 Å². The van der Waals surface area contributed by atoms with E-state index in [1.165, 1.54) is 0 Å². The van der Waals surface area contributed by atoms with Crippen molar-refractivity contribution >= 4 is 5.97 Å². The fourth-order valence-corrected chi connectivity index (χ4v) is 4.13. The topological polar surface area (TPSA) is 75.4 Å². The summed E-state index contributed by atoms with van der Waals surface area (Å²) in [6.45, 7) is 8.11. The van der Waals surface area contributed by atoms with Crippen LogP contribution < -0.4 is 5.56 Å². The Morgan fingerprint density at radius 1 is 1.38 bits per heavy atom. The zero-order chi connectivity index (χ0) is 17.5. The zero-order valence-electron chi connectivity index (χ0n) is 14.8. The molecule has 3 heterocycles. The summed E-state index contributed by atoms with van der Waals surface area (Å²) < 4.78 is 1.83. The van der Waals surface area contributed by atoms with Gasteiger partial charge in [0.2, 0.25) is 0 Å². The first-order valence-electron chi connectivity index (χ1n) is 8.86. The van der Waals surface area contributed by atoms with Crippen LogP contribution in [0.4, 0.5) is 0 Å². The van der Waals surface area contributed by atoms with Crippen LogP contribution in [-0.4, -0.2) is 44.2 Å². The highest BCUT2D eigenvalue weighted by atomic mass is 16.4. The molecule has 2 aliphatic heterocycles. The van der Waals surface area contributed by atoms with Crippen molar-refractivity contribution in [3.8, 4) is 0 Å². The van der Waals surface area contributed by atoms with Gasteiger partial charge in [0.25, 0.3) is 5.56 Å². The molecule has 1 N–H and O–H groups in total. The van der Waals surface area contributed by atoms with Crippen molar-refractivity contribution < 1.29 is 9.90 Å². The van der Waals surface area contributed by atoms with Gasteiger partial charge in [0.05, 0.1) is 5.92 Å². The maximum absolute atomic E-state index is 12.8. The number of aryl methyl sites for hydroxylation is 2. The molecular weight excluding hydrogens is 306 g/mol. The van der Waals surface area contributed by atoms with Crippen LogP contribution in [0.5, 0.6) is 0 Å². The van der Waals surface area contributed by atoms with Gasteiger partial charge < -0.3 is 5.11 Å². The Kier molecular flexibility index (Phi) is 4.51. The van der Waals surface area contributed by atoms with Gasteiger partial charge in [0.1, 0.15) is 5.82 Å². The molecule has 0 aliphatic carbocycles. The summed E-state index contributed by atoms with van der Waals surface area (Å²) in [6, 6.07) is 0. The van der Waals surface area contributed by atoms with Gasteiger partial charge in [0.15, 0.2) is 0 Å². The molecule has 0 spiro atoms. The summed E-state index contributed by atoms with van der Waals surface area (Å²) in [5.41, 5.74) is 1.58. The van der Waals surface area contributed by atoms with Crippen LogP contribution in [0.15, 0.2) is 4.79 Å². The Morgan fingerprint density at radius 2 is 2.12 bits per heavy atom. The fourth-order valence-electron chi connectivity index (χ4n) is 4.13. The molecule has 132 valence electrons. The molecule has 6 nitrogen and oxygen atoms in total. The van der Waals surface area contributed by atoms with Gasteiger partial charge in [-0.15, -0.1) is 0 Å². The smallest absolute Gasteiger partial charge is 0.307 e. The van der Waals surface area contributed by atoms with Crippen LogP contribution in [0.2, 0.25) is 0 Å². The number of hydrogen-bond donors (Lipinski definition) is 1. The molecule has 0 saturated carbocycles. The van der Waals surface area contributed by atoms with Crippen LogP contribution in [0.3, 0.4) is 0 Å². The Balaban J connectivity index is 1.78. The molecular formula is C18H27N3O3. The lowest BCUT2D eigenvalue weighted by atomic mass is 9.96. The lowest BCUT2D eigenvalue weighted by Crippen LogP contribution is -2.40. The molecule has 1 saturated heterocycles. The maximum Gasteiger partial charge on any atom is 0.307 e. The van der Waals surface area contributed by atoms with E-state index in [1.807, 2.05) is 11.5 Å². The Bertz CT molecular complexity index is 708. The van der Waals surface area contributed by atoms with E-state index in [9.17, 15) is 14.7 Å². The minimum atomic E-state index is -0.725. The summed E-state index contributed by atoms with van der Waals surface area (Å²) in [5.74, 6) is -0.124. The predicted molar refractivity (Wildman–Crippen MR) is 91.3 cm³/mol. The first-order chi connectivity index (χ1) is 11.3. The van der Waals surface area contributed by atoms with Gasteiger partial charge in [-0.25, -0.2) is 4.98 Å². The molecule has 0 amide bonds. The summed E-state index contributed by atoms with van der Waals surface area (Å²) >= 11 is 0. The van der Waals surface area contributed by atoms with Crippen LogP contribution in [-0.2, 0) is 24.2 Å². The number of nitrogens with zero attached hydrogens (tertiary/aromatic N) is 3. The minimum absolute atomic E-state index is 0.101. The van der Waals surface area contributed by atoms with Crippen LogP contribution >= 0.6 is 0 Å². The summed E-state index contributed by atoms with van der Waals surface area (Å²) in [6.07, 6.45) is 4.31. The van der Waals surface area contributed by atoms with Crippen LogP contribution in [0.1, 0.15) is 50.2 Å². The largest absolute Gasteiger partial charge is 0.481 e. The third-order valence-corrected chi connectivity index (χ3v) is 5.60. The van der Waals surface area contributed by atoms with Gasteiger partial charge >= 0.3 is 5.97 Å². The lowest BCUT2D eigenvalue weighted by Gasteiger charge is -2.31. The van der Waals surface area contributed by atoms with Gasteiger partial charge in [-0.3, -0.25) is 19.1 Å². The van der Waals surface area contributed by atoms with Crippen molar-refractivity contribution in [3.63, 3.8) is 0 Å². The minimum Gasteiger partial charge on any atom is -0.481 e. The van der Waals surface area contributed by atoms with Crippen molar-refractivity contribution in [2.45, 2.75) is 65.0 Å². The first kappa shape index (κ1) is 17.1. The van der Waals surface area contributed by atoms with Gasteiger partial charge in [-0.1, -0.05) is 0 Å². The molecule has 0 aromatic carbocycles. The summed E-state index contributed by atoms with van der Waals surface area (Å²) in [4.78, 5) is 30.9. The number of rotatable bonds is 4. The second-order valence-electron chi connectivity index (χ2n) is 7.75. The highest BCUT2D eigenvalue weighted by molar-refractivity contribution is 5.71. The molecule has 0 radical (unpaired) electrons. The summed E-state index contributed by atoms with van der Waals surface area (Å²) in [5, 5.41) is 9.28. The van der Waals surface area contributed by atoms with E-state index in [0.29, 0.717) is 25.9 Å². The number of fused-ring (bicyclic) bond motifs is 1. The summed E-state index contributed by atoms with van der Waals surface area (Å²) in [7, 11) is 0. The average molecular weight is 333 g/mol. The van der Waals surface area contributed by atoms with E-state index in [4.69, 9.17) is 0 Å². The molecule has 1 atom stereocenters. The highest BCUT2D eigenvalue weighted by Gasteiger charge is 2.41. The van der Waals surface area contributed by atoms with Crippen molar-refractivity contribution in [1.29, 1.82) is 0 Å². The molecule has 1 aromatic heterocycles. The third-order valence-electron chi connectivity index (χ3n) is 5.60. The van der Waals surface area contributed by atoms with Crippen LogP contribution in [0, 0.1) is 12.8 Å². The predicted octanol–water partition coefficient (Wildman–Crippen LogP) is 1.62. The molecule has 3 rings (SSSR count). The zero-order valence-corrected chi connectivity index (χ0v) is 14.8. The molecule has 1 fully saturated rings. The van der Waals surface area contributed by atoms with E-state index in [-0.39, 0.29) is 17.0 Å². The number of hydrogen-bond acceptors (Lipinski definition) is 4. The average Bonchev–Trinajstić information content (AvgIpc) is 2.82. The molecule has 0 bridgehead atoms. The molecule has 1 aromatic rings. The van der Waals surface area contributed by atoms with Crippen molar-refractivity contribution in [3.05, 3.63) is 27.4 Å². The molecule has 24 heavy (non-hydrogen) atoms. The number of carbonyl (C=O) groups is 1. The number of carboxylic acid groups (broad SMARTS) is 1. The van der Waals surface area contributed by atoms with E-state index < -0.39 is 5.97 Å². The van der Waals surface area contributed by atoms with E-state index in [1.54, 1.807) is 0 Å². The van der Waals surface area contributed by atoms with E-state index >= 15 is 0 Å². The Labute approximate surface area is 142 Å². The Morgan fingerprint density at radius 3 is 2.79 bits per heavy atom. The lowest BCUT2D eigenvalue weighted by molar-refractivity contribution is -0.141. The quantitative estimate of drug-likeness (QED) is 0.906. The number of carboxylic acids is 1. The van der Waals surface area contributed by atoms with Crippen molar-refractivity contribution in [2.24, 2.45) is 5.92 Å². The van der Waals surface area contributed by atoms with E-state index in [0.717, 1.165) is 42.9 Å². The Hall–Kier alpha value is -1.69. The standard InChI is InChI=1S/C18H27N3O3/c1-12-14(16(22)21-8-5-4-6-15(21)19-12)7-9-20-11-13(17(23)24)10-18(20,2)3/h13H,4-11H2,1-3H3,(H,23,24). The number of likely N-dealkylation sites (tertiary alicyclic amines) is 1. The second-order valence-corrected chi connectivity index (χ2v) is 7.75.